The van der Waals surface area contributed by atoms with Gasteiger partial charge in [-0.25, -0.2) is 0 Å². The second-order valence-corrected chi connectivity index (χ2v) is 10.3. The lowest BCUT2D eigenvalue weighted by Gasteiger charge is -2.57. The van der Waals surface area contributed by atoms with Gasteiger partial charge in [0.1, 0.15) is 17.3 Å². The number of hydrogen-bond acceptors (Lipinski definition) is 9. The van der Waals surface area contributed by atoms with Gasteiger partial charge in [-0.15, -0.1) is 0 Å². The standard InChI is InChI=1S/C26H35N3O7/c1-5-6-10-28-23-17(25(27)35)22(33)19(29(3)4)18-21(32)14-11(2)12-8-7-9-13(30)15(12)20(31)16(14)24(34)26(18,23)36/h7-9,11,14,18-19,21,23,28,30-33,36H,5-6,10H2,1-4H3,(H2,27,35)/t11-,14?,18?,19-,21-,23+,26+/m0/s1. The molecule has 10 heteroatoms. The lowest BCUT2D eigenvalue weighted by Crippen LogP contribution is -2.75. The van der Waals surface area contributed by atoms with Crippen LogP contribution in [0.4, 0.5) is 0 Å². The van der Waals surface area contributed by atoms with Gasteiger partial charge in [0.15, 0.2) is 11.4 Å². The van der Waals surface area contributed by atoms with Gasteiger partial charge in [-0.3, -0.25) is 14.5 Å². The highest BCUT2D eigenvalue weighted by Gasteiger charge is 2.68. The third kappa shape index (κ3) is 3.47. The zero-order valence-corrected chi connectivity index (χ0v) is 20.9. The summed E-state index contributed by atoms with van der Waals surface area (Å²) in [6.45, 7) is 4.01. The number of aromatic hydroxyl groups is 1. The topological polar surface area (TPSA) is 177 Å². The van der Waals surface area contributed by atoms with E-state index >= 15 is 0 Å². The molecule has 1 amide bonds. The minimum Gasteiger partial charge on any atom is -0.510 e. The molecule has 0 bridgehead atoms. The summed E-state index contributed by atoms with van der Waals surface area (Å²) >= 11 is 0. The number of phenolic OH excluding ortho intramolecular Hbond substituents is 1. The van der Waals surface area contributed by atoms with Crippen molar-refractivity contribution < 1.29 is 35.1 Å². The maximum absolute atomic E-state index is 14.2. The molecule has 1 aromatic carbocycles. The van der Waals surface area contributed by atoms with Crippen molar-refractivity contribution in [3.63, 3.8) is 0 Å². The summed E-state index contributed by atoms with van der Waals surface area (Å²) in [5.41, 5.74) is 3.28. The Balaban J connectivity index is 2.02. The number of unbranched alkanes of at least 4 members (excludes halogenated alkanes) is 1. The van der Waals surface area contributed by atoms with Crippen molar-refractivity contribution in [1.82, 2.24) is 10.2 Å². The zero-order valence-electron chi connectivity index (χ0n) is 20.9. The number of nitrogens with one attached hydrogen (secondary N) is 1. The number of likely N-dealkylation sites (N-methyl/N-ethyl adjacent to an activating group) is 1. The summed E-state index contributed by atoms with van der Waals surface area (Å²) in [5.74, 6) is -5.77. The Hall–Kier alpha value is -2.92. The predicted octanol–water partition coefficient (Wildman–Crippen LogP) is 0.685. The van der Waals surface area contributed by atoms with Gasteiger partial charge in [-0.05, 0) is 44.6 Å². The first-order chi connectivity index (χ1) is 16.9. The largest absolute Gasteiger partial charge is 0.510 e. The summed E-state index contributed by atoms with van der Waals surface area (Å²) in [5, 5.41) is 60.0. The minimum absolute atomic E-state index is 0.0721. The highest BCUT2D eigenvalue weighted by molar-refractivity contribution is 6.11. The van der Waals surface area contributed by atoms with Crippen LogP contribution in [-0.4, -0.2) is 86.6 Å². The average molecular weight is 502 g/mol. The molecule has 10 nitrogen and oxygen atoms in total. The van der Waals surface area contributed by atoms with Gasteiger partial charge in [0, 0.05) is 17.4 Å². The van der Waals surface area contributed by atoms with Crippen molar-refractivity contribution in [3.05, 3.63) is 46.2 Å². The minimum atomic E-state index is -2.43. The molecule has 1 fully saturated rings. The van der Waals surface area contributed by atoms with Gasteiger partial charge in [0.2, 0.25) is 5.91 Å². The highest BCUT2D eigenvalue weighted by atomic mass is 16.3. The van der Waals surface area contributed by atoms with Crippen LogP contribution in [-0.2, 0) is 9.59 Å². The van der Waals surface area contributed by atoms with Crippen LogP contribution in [0.5, 0.6) is 5.75 Å². The summed E-state index contributed by atoms with van der Waals surface area (Å²) in [6, 6.07) is 2.16. The molecule has 1 saturated carbocycles. The van der Waals surface area contributed by atoms with Gasteiger partial charge >= 0.3 is 0 Å². The van der Waals surface area contributed by atoms with E-state index in [2.05, 4.69) is 5.32 Å². The Morgan fingerprint density at radius 3 is 2.47 bits per heavy atom. The summed E-state index contributed by atoms with van der Waals surface area (Å²) in [7, 11) is 3.20. The van der Waals surface area contributed by atoms with E-state index in [0.29, 0.717) is 18.5 Å². The fourth-order valence-corrected chi connectivity index (χ4v) is 6.47. The number of nitrogens with two attached hydrogens (primary N) is 1. The number of ketones is 1. The van der Waals surface area contributed by atoms with Crippen LogP contribution < -0.4 is 11.1 Å². The van der Waals surface area contributed by atoms with Crippen LogP contribution in [0.15, 0.2) is 35.1 Å². The van der Waals surface area contributed by atoms with E-state index < -0.39 is 64.8 Å². The molecule has 3 aliphatic carbocycles. The van der Waals surface area contributed by atoms with Crippen molar-refractivity contribution in [2.24, 2.45) is 17.6 Å². The molecule has 1 aromatic rings. The molecule has 2 unspecified atom stereocenters. The maximum atomic E-state index is 14.2. The maximum Gasteiger partial charge on any atom is 0.249 e. The number of phenols is 1. The Morgan fingerprint density at radius 2 is 1.89 bits per heavy atom. The third-order valence-electron chi connectivity index (χ3n) is 8.11. The molecule has 0 aliphatic heterocycles. The van der Waals surface area contributed by atoms with Crippen LogP contribution in [0.1, 0.15) is 43.7 Å². The number of aliphatic hydroxyl groups is 4. The smallest absolute Gasteiger partial charge is 0.249 e. The number of amides is 1. The van der Waals surface area contributed by atoms with Gasteiger partial charge in [-0.2, -0.15) is 0 Å². The number of rotatable bonds is 6. The third-order valence-corrected chi connectivity index (χ3v) is 8.11. The number of nitrogens with zero attached hydrogens (tertiary/aromatic N) is 1. The van der Waals surface area contributed by atoms with Crippen LogP contribution in [0, 0.1) is 11.8 Å². The summed E-state index contributed by atoms with van der Waals surface area (Å²) in [6.07, 6.45) is 0.0174. The predicted molar refractivity (Wildman–Crippen MR) is 132 cm³/mol. The summed E-state index contributed by atoms with van der Waals surface area (Å²) < 4.78 is 0. The SMILES string of the molecule is CCCCN[C@@H]1C(C(N)=O)=C(O)[C@@H](N(C)C)C2[C@@H](O)C3C(=C(O)c4c(O)cccc4[C@@H]3C)C(=O)[C@@]21O. The molecule has 0 heterocycles. The van der Waals surface area contributed by atoms with E-state index in [4.69, 9.17) is 5.73 Å². The van der Waals surface area contributed by atoms with Crippen molar-refractivity contribution in [2.75, 3.05) is 20.6 Å². The van der Waals surface area contributed by atoms with E-state index in [9.17, 15) is 35.1 Å². The number of carbonyl (C=O) groups is 2. The van der Waals surface area contributed by atoms with E-state index in [1.54, 1.807) is 33.2 Å². The molecule has 0 radical (unpaired) electrons. The first-order valence-electron chi connectivity index (χ1n) is 12.2. The van der Waals surface area contributed by atoms with Crippen molar-refractivity contribution in [3.8, 4) is 5.75 Å². The van der Waals surface area contributed by atoms with Crippen LogP contribution >= 0.6 is 0 Å². The average Bonchev–Trinajstić information content (AvgIpc) is 2.80. The first-order valence-corrected chi connectivity index (χ1v) is 12.2. The normalized spacial score (nSPS) is 33.9. The second-order valence-electron chi connectivity index (χ2n) is 10.3. The molecule has 196 valence electrons. The molecule has 36 heavy (non-hydrogen) atoms. The van der Waals surface area contributed by atoms with Crippen molar-refractivity contribution >= 4 is 17.4 Å². The second kappa shape index (κ2) is 9.19. The quantitative estimate of drug-likeness (QED) is 0.276. The van der Waals surface area contributed by atoms with Crippen LogP contribution in [0.2, 0.25) is 0 Å². The molecule has 4 rings (SSSR count). The van der Waals surface area contributed by atoms with Gasteiger partial charge < -0.3 is 36.6 Å². The lowest BCUT2D eigenvalue weighted by molar-refractivity contribution is -0.174. The van der Waals surface area contributed by atoms with E-state index in [-0.39, 0.29) is 22.5 Å². The molecular weight excluding hydrogens is 466 g/mol. The number of Topliss-reactive ketones (excluding diaryl/α,β-unsaturated/α-hetero) is 1. The number of hydrogen-bond donors (Lipinski definition) is 7. The van der Waals surface area contributed by atoms with Crippen molar-refractivity contribution in [2.45, 2.75) is 56.4 Å². The van der Waals surface area contributed by atoms with Gasteiger partial charge in [-0.1, -0.05) is 32.4 Å². The van der Waals surface area contributed by atoms with Gasteiger partial charge in [0.05, 0.1) is 29.3 Å². The number of fused-ring (bicyclic) bond motifs is 3. The summed E-state index contributed by atoms with van der Waals surface area (Å²) in [4.78, 5) is 28.3. The monoisotopic (exact) mass is 501 g/mol. The van der Waals surface area contributed by atoms with Gasteiger partial charge in [0.25, 0.3) is 0 Å². The number of primary amides is 1. The van der Waals surface area contributed by atoms with E-state index in [1.165, 1.54) is 11.0 Å². The molecule has 8 N–H and O–H groups in total. The molecule has 7 atom stereocenters. The number of aliphatic hydroxyl groups excluding tert-OH is 3. The molecule has 0 spiro atoms. The fraction of sp³-hybridized carbons (Fsp3) is 0.538. The Bertz CT molecular complexity index is 1160. The highest BCUT2D eigenvalue weighted by Crippen LogP contribution is 2.56. The number of benzene rings is 1. The molecule has 0 saturated heterocycles. The Morgan fingerprint density at radius 1 is 1.22 bits per heavy atom. The van der Waals surface area contributed by atoms with E-state index in [1.807, 2.05) is 6.92 Å². The lowest BCUT2D eigenvalue weighted by atomic mass is 9.53. The number of carbonyl (C=O) groups excluding carboxylic acids is 2. The van der Waals surface area contributed by atoms with Crippen LogP contribution in [0.3, 0.4) is 0 Å². The van der Waals surface area contributed by atoms with Crippen molar-refractivity contribution in [1.29, 1.82) is 0 Å². The molecular formula is C26H35N3O7. The fourth-order valence-electron chi connectivity index (χ4n) is 6.47. The van der Waals surface area contributed by atoms with E-state index in [0.717, 1.165) is 6.42 Å². The zero-order chi connectivity index (χ0) is 26.7. The Kier molecular flexibility index (Phi) is 6.67. The molecule has 3 aliphatic rings. The Labute approximate surface area is 209 Å². The first kappa shape index (κ1) is 26.2. The van der Waals surface area contributed by atoms with Crippen LogP contribution in [0.25, 0.3) is 5.76 Å². The molecule has 0 aromatic heterocycles.